The molecule has 0 N–H and O–H groups in total. The van der Waals surface area contributed by atoms with E-state index in [1.165, 1.54) is 23.9 Å². The summed E-state index contributed by atoms with van der Waals surface area (Å²) in [5, 5.41) is 0.449. The van der Waals surface area contributed by atoms with Crippen molar-refractivity contribution in [2.75, 3.05) is 18.0 Å². The zero-order valence-corrected chi connectivity index (χ0v) is 17.4. The lowest BCUT2D eigenvalue weighted by Gasteiger charge is -2.33. The number of rotatable bonds is 2. The van der Waals surface area contributed by atoms with Gasteiger partial charge in [-0.15, -0.1) is 11.8 Å². The molecule has 0 saturated carbocycles. The zero-order valence-electron chi connectivity index (χ0n) is 15.8. The first-order chi connectivity index (χ1) is 13.2. The number of carbonyl (C=O) groups excluding carboxylic acids is 2. The van der Waals surface area contributed by atoms with Crippen LogP contribution in [-0.4, -0.2) is 34.6 Å². The van der Waals surface area contributed by atoms with Crippen molar-refractivity contribution in [2.45, 2.75) is 30.4 Å². The average Bonchev–Trinajstić information content (AvgIpc) is 3.06. The molecule has 28 heavy (non-hydrogen) atoms. The van der Waals surface area contributed by atoms with Crippen molar-refractivity contribution in [1.29, 1.82) is 0 Å². The molecule has 4 nitrogen and oxygen atoms in total. The van der Waals surface area contributed by atoms with Gasteiger partial charge >= 0.3 is 0 Å². The summed E-state index contributed by atoms with van der Waals surface area (Å²) >= 11 is 7.48. The molecule has 2 aromatic carbocycles. The van der Waals surface area contributed by atoms with E-state index in [4.69, 9.17) is 11.6 Å². The number of anilines is 1. The van der Waals surface area contributed by atoms with Gasteiger partial charge in [0.25, 0.3) is 11.8 Å². The summed E-state index contributed by atoms with van der Waals surface area (Å²) in [6.45, 7) is 6.66. The molecule has 1 unspecified atom stereocenters. The standard InChI is InChI=1S/C21H20ClFN2O2S/c1-4-24-17-9-8-15(23)11-16(17)21(19(24)27)25(12-20(2,3)28-21)18(26)13-6-5-7-14(22)10-13/h5-11H,4,12H2,1-3H3. The van der Waals surface area contributed by atoms with Crippen molar-refractivity contribution in [3.05, 3.63) is 64.4 Å². The van der Waals surface area contributed by atoms with Crippen LogP contribution >= 0.6 is 23.4 Å². The molecule has 2 amide bonds. The number of halogens is 2. The summed E-state index contributed by atoms with van der Waals surface area (Å²) in [5.41, 5.74) is 1.60. The molecule has 0 aromatic heterocycles. The first-order valence-electron chi connectivity index (χ1n) is 9.09. The van der Waals surface area contributed by atoms with Gasteiger partial charge in [0.15, 0.2) is 4.87 Å². The Labute approximate surface area is 172 Å². The highest BCUT2D eigenvalue weighted by molar-refractivity contribution is 8.02. The summed E-state index contributed by atoms with van der Waals surface area (Å²) in [4.78, 5) is 29.0. The third kappa shape index (κ3) is 2.73. The maximum absolute atomic E-state index is 14.2. The summed E-state index contributed by atoms with van der Waals surface area (Å²) in [6, 6.07) is 11.0. The first kappa shape index (κ1) is 19.3. The van der Waals surface area contributed by atoms with Crippen LogP contribution in [0.3, 0.4) is 0 Å². The van der Waals surface area contributed by atoms with E-state index >= 15 is 0 Å². The van der Waals surface area contributed by atoms with E-state index in [9.17, 15) is 14.0 Å². The fraction of sp³-hybridized carbons (Fsp3) is 0.333. The SMILES string of the molecule is CCN1C(=O)C2(SC(C)(C)CN2C(=O)c2cccc(Cl)c2)c2cc(F)ccc21. The van der Waals surface area contributed by atoms with Crippen molar-refractivity contribution < 1.29 is 14.0 Å². The Bertz CT molecular complexity index is 996. The second-order valence-corrected chi connectivity index (χ2v) is 9.95. The Hall–Kier alpha value is -2.05. The lowest BCUT2D eigenvalue weighted by Crippen LogP contribution is -2.50. The van der Waals surface area contributed by atoms with Crippen LogP contribution in [0.25, 0.3) is 0 Å². The van der Waals surface area contributed by atoms with Gasteiger partial charge in [-0.25, -0.2) is 4.39 Å². The maximum atomic E-state index is 14.2. The Balaban J connectivity index is 1.92. The molecular weight excluding hydrogens is 399 g/mol. The van der Waals surface area contributed by atoms with Crippen LogP contribution in [0.5, 0.6) is 0 Å². The largest absolute Gasteiger partial charge is 0.310 e. The molecule has 146 valence electrons. The highest BCUT2D eigenvalue weighted by atomic mass is 35.5. The van der Waals surface area contributed by atoms with E-state index < -0.39 is 10.7 Å². The van der Waals surface area contributed by atoms with E-state index in [2.05, 4.69) is 0 Å². The summed E-state index contributed by atoms with van der Waals surface area (Å²) in [6.07, 6.45) is 0. The fourth-order valence-corrected chi connectivity index (χ4v) is 5.98. The normalized spacial score (nSPS) is 22.8. The first-order valence-corrected chi connectivity index (χ1v) is 10.3. The minimum Gasteiger partial charge on any atom is -0.310 e. The van der Waals surface area contributed by atoms with E-state index in [-0.39, 0.29) is 16.6 Å². The van der Waals surface area contributed by atoms with Crippen molar-refractivity contribution in [3.63, 3.8) is 0 Å². The Morgan fingerprint density at radius 1 is 1.25 bits per heavy atom. The van der Waals surface area contributed by atoms with E-state index in [0.29, 0.717) is 34.9 Å². The maximum Gasteiger partial charge on any atom is 0.268 e. The lowest BCUT2D eigenvalue weighted by atomic mass is 10.0. The molecule has 2 aromatic rings. The van der Waals surface area contributed by atoms with Crippen molar-refractivity contribution >= 4 is 40.9 Å². The molecule has 0 bridgehead atoms. The van der Waals surface area contributed by atoms with Crippen molar-refractivity contribution in [1.82, 2.24) is 4.90 Å². The van der Waals surface area contributed by atoms with Crippen LogP contribution in [0.1, 0.15) is 36.7 Å². The smallest absolute Gasteiger partial charge is 0.268 e. The van der Waals surface area contributed by atoms with Crippen LogP contribution in [0.4, 0.5) is 10.1 Å². The van der Waals surface area contributed by atoms with Crippen molar-refractivity contribution in [2.24, 2.45) is 0 Å². The number of likely N-dealkylation sites (N-methyl/N-ethyl adjacent to an activating group) is 1. The number of hydrogen-bond acceptors (Lipinski definition) is 3. The molecule has 2 aliphatic heterocycles. The minimum absolute atomic E-state index is 0.207. The average molecular weight is 419 g/mol. The van der Waals surface area contributed by atoms with Crippen LogP contribution < -0.4 is 4.90 Å². The highest BCUT2D eigenvalue weighted by Crippen LogP contribution is 2.59. The van der Waals surface area contributed by atoms with Gasteiger partial charge in [0, 0.05) is 34.0 Å². The lowest BCUT2D eigenvalue weighted by molar-refractivity contribution is -0.123. The third-order valence-electron chi connectivity index (χ3n) is 5.13. The molecule has 7 heteroatoms. The minimum atomic E-state index is -1.28. The van der Waals surface area contributed by atoms with Crippen molar-refractivity contribution in [3.8, 4) is 0 Å². The monoisotopic (exact) mass is 418 g/mol. The van der Waals surface area contributed by atoms with Crippen LogP contribution in [-0.2, 0) is 9.67 Å². The Kier molecular flexibility index (Phi) is 4.47. The van der Waals surface area contributed by atoms with Gasteiger partial charge in [0.2, 0.25) is 0 Å². The van der Waals surface area contributed by atoms with Crippen LogP contribution in [0.2, 0.25) is 5.02 Å². The van der Waals surface area contributed by atoms with Crippen LogP contribution in [0.15, 0.2) is 42.5 Å². The van der Waals surface area contributed by atoms with Gasteiger partial charge in [-0.3, -0.25) is 9.59 Å². The molecule has 2 heterocycles. The van der Waals surface area contributed by atoms with Gasteiger partial charge in [0.1, 0.15) is 5.82 Å². The zero-order chi connectivity index (χ0) is 20.3. The molecule has 1 fully saturated rings. The third-order valence-corrected chi connectivity index (χ3v) is 6.95. The molecular formula is C21H20ClFN2O2S. The fourth-order valence-electron chi connectivity index (χ4n) is 4.07. The van der Waals surface area contributed by atoms with E-state index in [1.54, 1.807) is 40.1 Å². The number of fused-ring (bicyclic) bond motifs is 2. The predicted octanol–water partition coefficient (Wildman–Crippen LogP) is 4.67. The van der Waals surface area contributed by atoms with Gasteiger partial charge in [-0.1, -0.05) is 17.7 Å². The summed E-state index contributed by atoms with van der Waals surface area (Å²) in [5.74, 6) is -0.923. The number of carbonyl (C=O) groups is 2. The van der Waals surface area contributed by atoms with Gasteiger partial charge < -0.3 is 9.80 Å². The number of thioether (sulfide) groups is 1. The van der Waals surface area contributed by atoms with Gasteiger partial charge in [0.05, 0.1) is 5.69 Å². The molecule has 0 radical (unpaired) electrons. The second kappa shape index (κ2) is 6.49. The predicted molar refractivity (Wildman–Crippen MR) is 110 cm³/mol. The molecule has 1 atom stereocenters. The number of nitrogens with zero attached hydrogens (tertiary/aromatic N) is 2. The summed E-state index contributed by atoms with van der Waals surface area (Å²) in [7, 11) is 0. The number of hydrogen-bond donors (Lipinski definition) is 0. The molecule has 1 spiro atoms. The Morgan fingerprint density at radius 2 is 2.00 bits per heavy atom. The van der Waals surface area contributed by atoms with E-state index in [0.717, 1.165) is 0 Å². The number of benzene rings is 2. The topological polar surface area (TPSA) is 40.6 Å². The molecule has 2 aliphatic rings. The van der Waals surface area contributed by atoms with Gasteiger partial charge in [-0.2, -0.15) is 0 Å². The molecule has 4 rings (SSSR count). The van der Waals surface area contributed by atoms with Gasteiger partial charge in [-0.05, 0) is 57.2 Å². The second-order valence-electron chi connectivity index (χ2n) is 7.62. The quantitative estimate of drug-likeness (QED) is 0.711. The van der Waals surface area contributed by atoms with Crippen LogP contribution in [0, 0.1) is 5.82 Å². The Morgan fingerprint density at radius 3 is 2.68 bits per heavy atom. The molecule has 0 aliphatic carbocycles. The summed E-state index contributed by atoms with van der Waals surface area (Å²) < 4.78 is 13.8. The highest BCUT2D eigenvalue weighted by Gasteiger charge is 2.63. The van der Waals surface area contributed by atoms with E-state index in [1.807, 2.05) is 20.8 Å². The molecule has 1 saturated heterocycles. The number of amides is 2.